The molecule has 2 atom stereocenters. The van der Waals surface area contributed by atoms with Crippen LogP contribution in [0.25, 0.3) is 0 Å². The Kier molecular flexibility index (Phi) is 4.32. The van der Waals surface area contributed by atoms with Crippen LogP contribution < -0.4 is 5.32 Å². The van der Waals surface area contributed by atoms with Crippen LogP contribution in [0.3, 0.4) is 0 Å². The normalized spacial score (nSPS) is 25.1. The van der Waals surface area contributed by atoms with Gasteiger partial charge in [-0.05, 0) is 26.3 Å². The molecule has 1 saturated heterocycles. The maximum absolute atomic E-state index is 5.80. The number of thiazole rings is 1. The minimum atomic E-state index is 0.225. The average molecular weight is 240 g/mol. The van der Waals surface area contributed by atoms with Crippen LogP contribution in [0.2, 0.25) is 0 Å². The van der Waals surface area contributed by atoms with E-state index >= 15 is 0 Å². The summed E-state index contributed by atoms with van der Waals surface area (Å²) in [5, 5.41) is 6.74. The molecule has 2 rings (SSSR count). The number of nitrogens with one attached hydrogen (secondary N) is 1. The van der Waals surface area contributed by atoms with Gasteiger partial charge in [0.25, 0.3) is 0 Å². The van der Waals surface area contributed by atoms with Gasteiger partial charge < -0.3 is 10.1 Å². The zero-order valence-electron chi connectivity index (χ0n) is 10.0. The fourth-order valence-corrected chi connectivity index (χ4v) is 3.02. The highest BCUT2D eigenvalue weighted by atomic mass is 32.1. The maximum Gasteiger partial charge on any atom is 0.122 e. The molecule has 0 radical (unpaired) electrons. The third kappa shape index (κ3) is 2.81. The van der Waals surface area contributed by atoms with Crippen molar-refractivity contribution in [1.29, 1.82) is 0 Å². The predicted molar refractivity (Wildman–Crippen MR) is 66.8 cm³/mol. The quantitative estimate of drug-likeness (QED) is 0.803. The molecular weight excluding hydrogens is 220 g/mol. The van der Waals surface area contributed by atoms with E-state index in [1.165, 1.54) is 6.42 Å². The molecular formula is C12H20N2OS. The van der Waals surface area contributed by atoms with Crippen LogP contribution in [0.4, 0.5) is 0 Å². The molecule has 0 spiro atoms. The molecule has 1 aliphatic rings. The Balaban J connectivity index is 1.92. The Morgan fingerprint density at radius 2 is 2.50 bits per heavy atom. The highest BCUT2D eigenvalue weighted by Crippen LogP contribution is 2.35. The molecule has 1 aromatic rings. The van der Waals surface area contributed by atoms with Crippen LogP contribution in [-0.4, -0.2) is 24.7 Å². The van der Waals surface area contributed by atoms with E-state index in [-0.39, 0.29) is 6.10 Å². The van der Waals surface area contributed by atoms with E-state index in [1.807, 2.05) is 6.92 Å². The first-order chi connectivity index (χ1) is 7.81. The number of aromatic nitrogens is 1. The molecule has 0 aliphatic carbocycles. The van der Waals surface area contributed by atoms with Gasteiger partial charge in [-0.1, -0.05) is 6.92 Å². The molecule has 1 N–H and O–H groups in total. The minimum absolute atomic E-state index is 0.225. The van der Waals surface area contributed by atoms with Gasteiger partial charge in [0.2, 0.25) is 0 Å². The van der Waals surface area contributed by atoms with Gasteiger partial charge >= 0.3 is 0 Å². The molecule has 2 heterocycles. The van der Waals surface area contributed by atoms with E-state index in [1.54, 1.807) is 11.3 Å². The highest BCUT2D eigenvalue weighted by Gasteiger charge is 2.31. The zero-order valence-corrected chi connectivity index (χ0v) is 10.8. The van der Waals surface area contributed by atoms with Crippen molar-refractivity contribution in [3.8, 4) is 0 Å². The molecule has 0 amide bonds. The Labute approximate surface area is 101 Å². The summed E-state index contributed by atoms with van der Waals surface area (Å²) >= 11 is 1.73. The van der Waals surface area contributed by atoms with Crippen LogP contribution in [0.15, 0.2) is 5.38 Å². The van der Waals surface area contributed by atoms with Crippen molar-refractivity contribution < 1.29 is 4.74 Å². The first kappa shape index (κ1) is 12.0. The summed E-state index contributed by atoms with van der Waals surface area (Å²) in [7, 11) is 0. The molecule has 1 aromatic heterocycles. The molecule has 90 valence electrons. The lowest BCUT2D eigenvalue weighted by Crippen LogP contribution is -2.25. The molecule has 1 fully saturated rings. The van der Waals surface area contributed by atoms with Gasteiger partial charge in [0.05, 0.1) is 0 Å². The third-order valence-electron chi connectivity index (χ3n) is 2.93. The van der Waals surface area contributed by atoms with Gasteiger partial charge in [0.1, 0.15) is 11.1 Å². The highest BCUT2D eigenvalue weighted by molar-refractivity contribution is 7.09. The number of hydrogen-bond donors (Lipinski definition) is 1. The van der Waals surface area contributed by atoms with Gasteiger partial charge in [-0.2, -0.15) is 0 Å². The van der Waals surface area contributed by atoms with Gasteiger partial charge in [0, 0.05) is 30.1 Å². The van der Waals surface area contributed by atoms with Crippen molar-refractivity contribution in [3.05, 3.63) is 16.1 Å². The van der Waals surface area contributed by atoms with Crippen LogP contribution in [0.5, 0.6) is 0 Å². The third-order valence-corrected chi connectivity index (χ3v) is 3.95. The number of aryl methyl sites for hydroxylation is 1. The van der Waals surface area contributed by atoms with Crippen molar-refractivity contribution in [3.63, 3.8) is 0 Å². The Hall–Kier alpha value is -0.450. The summed E-state index contributed by atoms with van der Waals surface area (Å²) in [5.41, 5.74) is 1.11. The summed E-state index contributed by atoms with van der Waals surface area (Å²) < 4.78 is 5.80. The van der Waals surface area contributed by atoms with E-state index < -0.39 is 0 Å². The summed E-state index contributed by atoms with van der Waals surface area (Å²) in [6, 6.07) is 0. The second kappa shape index (κ2) is 5.75. The lowest BCUT2D eigenvalue weighted by Gasteiger charge is -2.16. The van der Waals surface area contributed by atoms with Gasteiger partial charge in [-0.25, -0.2) is 4.98 Å². The van der Waals surface area contributed by atoms with Crippen molar-refractivity contribution >= 4 is 11.3 Å². The first-order valence-corrected chi connectivity index (χ1v) is 6.93. The topological polar surface area (TPSA) is 34.1 Å². The smallest absolute Gasteiger partial charge is 0.122 e. The Morgan fingerprint density at radius 1 is 1.62 bits per heavy atom. The van der Waals surface area contributed by atoms with E-state index in [0.29, 0.717) is 5.92 Å². The van der Waals surface area contributed by atoms with Gasteiger partial charge in [-0.15, -0.1) is 11.3 Å². The monoisotopic (exact) mass is 240 g/mol. The van der Waals surface area contributed by atoms with E-state index in [4.69, 9.17) is 4.74 Å². The lowest BCUT2D eigenvalue weighted by atomic mass is 10.0. The fourth-order valence-electron chi connectivity index (χ4n) is 2.08. The minimum Gasteiger partial charge on any atom is -0.371 e. The Bertz CT molecular complexity index is 327. The number of ether oxygens (including phenoxy) is 1. The van der Waals surface area contributed by atoms with Crippen molar-refractivity contribution in [2.45, 2.75) is 32.8 Å². The summed E-state index contributed by atoms with van der Waals surface area (Å²) in [4.78, 5) is 4.54. The molecule has 0 aromatic carbocycles. The van der Waals surface area contributed by atoms with Crippen molar-refractivity contribution in [2.24, 2.45) is 5.92 Å². The molecule has 16 heavy (non-hydrogen) atoms. The molecule has 1 aliphatic heterocycles. The molecule has 2 unspecified atom stereocenters. The molecule has 4 heteroatoms. The van der Waals surface area contributed by atoms with Crippen molar-refractivity contribution in [1.82, 2.24) is 10.3 Å². The second-order valence-electron chi connectivity index (χ2n) is 4.37. The zero-order chi connectivity index (χ0) is 11.4. The molecule has 0 bridgehead atoms. The van der Waals surface area contributed by atoms with Crippen LogP contribution in [-0.2, 0) is 4.74 Å². The largest absolute Gasteiger partial charge is 0.371 e. The van der Waals surface area contributed by atoms with E-state index in [9.17, 15) is 0 Å². The average Bonchev–Trinajstić information content (AvgIpc) is 2.87. The summed E-state index contributed by atoms with van der Waals surface area (Å²) in [6.45, 7) is 7.26. The standard InChI is InChI=1S/C12H20N2OS/c1-3-5-13-7-10-4-6-15-11(10)12-14-9(2)8-16-12/h8,10-11,13H,3-7H2,1-2H3. The van der Waals surface area contributed by atoms with Gasteiger partial charge in [0.15, 0.2) is 0 Å². The Morgan fingerprint density at radius 3 is 3.19 bits per heavy atom. The SMILES string of the molecule is CCCNCC1CCOC1c1nc(C)cs1. The van der Waals surface area contributed by atoms with E-state index in [2.05, 4.69) is 22.6 Å². The van der Waals surface area contributed by atoms with Crippen LogP contribution in [0.1, 0.15) is 36.6 Å². The second-order valence-corrected chi connectivity index (χ2v) is 5.26. The molecule has 3 nitrogen and oxygen atoms in total. The summed E-state index contributed by atoms with van der Waals surface area (Å²) in [5.74, 6) is 0.595. The van der Waals surface area contributed by atoms with Crippen LogP contribution in [0, 0.1) is 12.8 Å². The van der Waals surface area contributed by atoms with Crippen molar-refractivity contribution in [2.75, 3.05) is 19.7 Å². The maximum atomic E-state index is 5.80. The summed E-state index contributed by atoms with van der Waals surface area (Å²) in [6.07, 6.45) is 2.57. The lowest BCUT2D eigenvalue weighted by molar-refractivity contribution is 0.0902. The first-order valence-electron chi connectivity index (χ1n) is 6.05. The number of hydrogen-bond acceptors (Lipinski definition) is 4. The fraction of sp³-hybridized carbons (Fsp3) is 0.750. The predicted octanol–water partition coefficient (Wildman–Crippen LogP) is 2.53. The van der Waals surface area contributed by atoms with E-state index in [0.717, 1.165) is 36.8 Å². The van der Waals surface area contributed by atoms with Crippen LogP contribution >= 0.6 is 11.3 Å². The van der Waals surface area contributed by atoms with Gasteiger partial charge in [-0.3, -0.25) is 0 Å². The number of rotatable bonds is 5. The molecule has 0 saturated carbocycles. The number of nitrogens with zero attached hydrogens (tertiary/aromatic N) is 1.